The number of hydrogen-bond acceptors (Lipinski definition) is 4. The van der Waals surface area contributed by atoms with E-state index >= 15 is 0 Å². The number of carbonyl (C=O) groups excluding carboxylic acids is 1. The van der Waals surface area contributed by atoms with E-state index in [0.29, 0.717) is 48.7 Å². The van der Waals surface area contributed by atoms with Crippen LogP contribution in [0.5, 0.6) is 0 Å². The van der Waals surface area contributed by atoms with Crippen LogP contribution in [-0.4, -0.2) is 52.7 Å². The summed E-state index contributed by atoms with van der Waals surface area (Å²) in [6.45, 7) is 3.13. The first-order valence-corrected chi connectivity index (χ1v) is 10.2. The lowest BCUT2D eigenvalue weighted by Crippen LogP contribution is -2.53. The molecule has 3 heterocycles. The Kier molecular flexibility index (Phi) is 4.83. The van der Waals surface area contributed by atoms with E-state index in [0.717, 1.165) is 18.8 Å². The standard InChI is InChI=1S/C23H22F2N4O/c24-19-7-3-1-5-16(19)13-27-11-9-21-18(15-27)22(30)29(23-26-10-12-28(21)23)14-17-6-2-4-8-20(17)25/h1-8H,9-15H2. The van der Waals surface area contributed by atoms with Gasteiger partial charge in [0, 0.05) is 49.4 Å². The molecule has 0 aliphatic carbocycles. The van der Waals surface area contributed by atoms with Gasteiger partial charge in [0.1, 0.15) is 11.6 Å². The van der Waals surface area contributed by atoms with E-state index in [1.807, 2.05) is 6.07 Å². The molecule has 3 aliphatic heterocycles. The Morgan fingerprint density at radius 1 is 0.900 bits per heavy atom. The molecule has 5 nitrogen and oxygen atoms in total. The Hall–Kier alpha value is -3.06. The zero-order valence-corrected chi connectivity index (χ0v) is 16.5. The summed E-state index contributed by atoms with van der Waals surface area (Å²) in [6, 6.07) is 13.2. The van der Waals surface area contributed by atoms with Crippen LogP contribution in [0.15, 0.2) is 64.8 Å². The van der Waals surface area contributed by atoms with Gasteiger partial charge in [0.25, 0.3) is 5.91 Å². The molecule has 2 aromatic carbocycles. The molecule has 5 rings (SSSR count). The monoisotopic (exact) mass is 408 g/mol. The second-order valence-corrected chi connectivity index (χ2v) is 7.79. The van der Waals surface area contributed by atoms with E-state index in [-0.39, 0.29) is 24.1 Å². The minimum absolute atomic E-state index is 0.136. The third-order valence-corrected chi connectivity index (χ3v) is 5.92. The number of halogens is 2. The Labute approximate surface area is 173 Å². The summed E-state index contributed by atoms with van der Waals surface area (Å²) >= 11 is 0. The van der Waals surface area contributed by atoms with E-state index in [9.17, 15) is 13.6 Å². The fourth-order valence-corrected chi connectivity index (χ4v) is 4.42. The molecule has 0 saturated carbocycles. The Bertz CT molecular complexity index is 1060. The third-order valence-electron chi connectivity index (χ3n) is 5.92. The Morgan fingerprint density at radius 3 is 2.27 bits per heavy atom. The smallest absolute Gasteiger partial charge is 0.259 e. The van der Waals surface area contributed by atoms with Crippen molar-refractivity contribution in [3.05, 3.63) is 82.6 Å². The normalized spacial score (nSPS) is 19.1. The molecular formula is C23H22F2N4O. The largest absolute Gasteiger partial charge is 0.314 e. The van der Waals surface area contributed by atoms with Crippen LogP contribution < -0.4 is 0 Å². The van der Waals surface area contributed by atoms with E-state index in [2.05, 4.69) is 14.8 Å². The number of guanidine groups is 1. The van der Waals surface area contributed by atoms with Gasteiger partial charge < -0.3 is 4.90 Å². The molecule has 7 heteroatoms. The second-order valence-electron chi connectivity index (χ2n) is 7.79. The topological polar surface area (TPSA) is 39.2 Å². The maximum absolute atomic E-state index is 14.2. The van der Waals surface area contributed by atoms with E-state index in [4.69, 9.17) is 0 Å². The van der Waals surface area contributed by atoms with Gasteiger partial charge in [0.15, 0.2) is 0 Å². The van der Waals surface area contributed by atoms with Gasteiger partial charge >= 0.3 is 0 Å². The van der Waals surface area contributed by atoms with Crippen LogP contribution in [0, 0.1) is 11.6 Å². The molecular weight excluding hydrogens is 386 g/mol. The van der Waals surface area contributed by atoms with Gasteiger partial charge in [-0.1, -0.05) is 36.4 Å². The average molecular weight is 408 g/mol. The average Bonchev–Trinajstić information content (AvgIpc) is 3.24. The van der Waals surface area contributed by atoms with Crippen LogP contribution in [0.1, 0.15) is 17.5 Å². The highest BCUT2D eigenvalue weighted by Gasteiger charge is 2.41. The summed E-state index contributed by atoms with van der Waals surface area (Å²) in [6.07, 6.45) is 0.710. The SMILES string of the molecule is O=C1C2=C(CCN(Cc3ccccc3F)C2)N2CCN=C2N1Cc1ccccc1F. The number of carbonyl (C=O) groups is 1. The van der Waals surface area contributed by atoms with Crippen molar-refractivity contribution in [2.24, 2.45) is 4.99 Å². The van der Waals surface area contributed by atoms with Crippen LogP contribution in [0.2, 0.25) is 0 Å². The number of amides is 1. The Balaban J connectivity index is 1.42. The maximum atomic E-state index is 14.2. The lowest BCUT2D eigenvalue weighted by atomic mass is 10.00. The van der Waals surface area contributed by atoms with E-state index < -0.39 is 0 Å². The molecule has 0 bridgehead atoms. The number of rotatable bonds is 4. The quantitative estimate of drug-likeness (QED) is 0.780. The van der Waals surface area contributed by atoms with Gasteiger partial charge in [-0.05, 0) is 12.1 Å². The molecule has 0 fully saturated rings. The highest BCUT2D eigenvalue weighted by molar-refractivity contribution is 6.09. The molecule has 0 unspecified atom stereocenters. The maximum Gasteiger partial charge on any atom is 0.259 e. The van der Waals surface area contributed by atoms with Crippen LogP contribution in [0.3, 0.4) is 0 Å². The van der Waals surface area contributed by atoms with Gasteiger partial charge in [-0.25, -0.2) is 8.78 Å². The van der Waals surface area contributed by atoms with Crippen LogP contribution in [0.25, 0.3) is 0 Å². The number of benzene rings is 2. The van der Waals surface area contributed by atoms with Gasteiger partial charge in [0.2, 0.25) is 5.96 Å². The first-order valence-electron chi connectivity index (χ1n) is 10.2. The lowest BCUT2D eigenvalue weighted by Gasteiger charge is -2.42. The molecule has 0 saturated heterocycles. The molecule has 154 valence electrons. The summed E-state index contributed by atoms with van der Waals surface area (Å²) < 4.78 is 28.3. The summed E-state index contributed by atoms with van der Waals surface area (Å²) in [5, 5.41) is 0. The summed E-state index contributed by atoms with van der Waals surface area (Å²) in [4.78, 5) is 23.7. The minimum Gasteiger partial charge on any atom is -0.314 e. The fraction of sp³-hybridized carbons (Fsp3) is 0.304. The van der Waals surface area contributed by atoms with Crippen LogP contribution in [0.4, 0.5) is 8.78 Å². The van der Waals surface area contributed by atoms with Gasteiger partial charge in [-0.15, -0.1) is 0 Å². The van der Waals surface area contributed by atoms with Crippen LogP contribution in [-0.2, 0) is 17.9 Å². The van der Waals surface area contributed by atoms with E-state index in [1.165, 1.54) is 12.1 Å². The second kappa shape index (κ2) is 7.65. The molecule has 0 N–H and O–H groups in total. The molecule has 0 spiro atoms. The third kappa shape index (κ3) is 3.29. The number of nitrogens with zero attached hydrogens (tertiary/aromatic N) is 4. The van der Waals surface area contributed by atoms with Crippen molar-refractivity contribution >= 4 is 11.9 Å². The van der Waals surface area contributed by atoms with Crippen molar-refractivity contribution in [3.8, 4) is 0 Å². The fourth-order valence-electron chi connectivity index (χ4n) is 4.42. The minimum atomic E-state index is -0.333. The van der Waals surface area contributed by atoms with E-state index in [1.54, 1.807) is 35.2 Å². The highest BCUT2D eigenvalue weighted by atomic mass is 19.1. The molecule has 0 radical (unpaired) electrons. The summed E-state index contributed by atoms with van der Waals surface area (Å²) in [5.74, 6) is -0.0876. The molecule has 1 amide bonds. The zero-order chi connectivity index (χ0) is 20.7. The summed E-state index contributed by atoms with van der Waals surface area (Å²) in [5.41, 5.74) is 2.79. The van der Waals surface area contributed by atoms with Crippen molar-refractivity contribution in [3.63, 3.8) is 0 Å². The first kappa shape index (κ1) is 18.9. The molecule has 2 aromatic rings. The number of hydrogen-bond donors (Lipinski definition) is 0. The molecule has 0 atom stereocenters. The van der Waals surface area contributed by atoms with Gasteiger partial charge in [0.05, 0.1) is 18.7 Å². The molecule has 0 aromatic heterocycles. The molecule has 30 heavy (non-hydrogen) atoms. The predicted octanol–water partition coefficient (Wildman–Crippen LogP) is 3.14. The van der Waals surface area contributed by atoms with Crippen LogP contribution >= 0.6 is 0 Å². The van der Waals surface area contributed by atoms with Gasteiger partial charge in [-0.2, -0.15) is 0 Å². The van der Waals surface area contributed by atoms with Crippen molar-refractivity contribution in [2.75, 3.05) is 26.2 Å². The molecule has 3 aliphatic rings. The lowest BCUT2D eigenvalue weighted by molar-refractivity contribution is -0.125. The number of aliphatic imine (C=N–C) groups is 1. The summed E-state index contributed by atoms with van der Waals surface area (Å²) in [7, 11) is 0. The van der Waals surface area contributed by atoms with Crippen molar-refractivity contribution in [1.29, 1.82) is 0 Å². The highest BCUT2D eigenvalue weighted by Crippen LogP contribution is 2.32. The van der Waals surface area contributed by atoms with Gasteiger partial charge in [-0.3, -0.25) is 19.6 Å². The zero-order valence-electron chi connectivity index (χ0n) is 16.5. The van der Waals surface area contributed by atoms with Crippen molar-refractivity contribution in [2.45, 2.75) is 19.5 Å². The van der Waals surface area contributed by atoms with Crippen molar-refractivity contribution in [1.82, 2.24) is 14.7 Å². The van der Waals surface area contributed by atoms with Crippen molar-refractivity contribution < 1.29 is 13.6 Å². The Morgan fingerprint density at radius 2 is 1.57 bits per heavy atom. The first-order chi connectivity index (χ1) is 14.6. The number of fused-ring (bicyclic) bond motifs is 2. The predicted molar refractivity (Wildman–Crippen MR) is 109 cm³/mol.